The number of nitrogens with two attached hydrogens (primary N) is 1. The van der Waals surface area contributed by atoms with Crippen LogP contribution in [0.3, 0.4) is 0 Å². The van der Waals surface area contributed by atoms with Crippen molar-refractivity contribution in [3.05, 3.63) is 64.2 Å². The molecule has 0 heterocycles. The molecular formula is C25H28ClN3O6. The molecule has 10 heteroatoms. The number of phenols is 1. The molecule has 0 unspecified atom stereocenters. The molecule has 186 valence electrons. The second kappa shape index (κ2) is 11.8. The van der Waals surface area contributed by atoms with Gasteiger partial charge in [-0.15, -0.1) is 0 Å². The molecule has 3 rings (SSSR count). The van der Waals surface area contributed by atoms with E-state index in [-0.39, 0.29) is 53.0 Å². The van der Waals surface area contributed by atoms with E-state index in [2.05, 4.69) is 5.32 Å². The summed E-state index contributed by atoms with van der Waals surface area (Å²) < 4.78 is 0. The van der Waals surface area contributed by atoms with Gasteiger partial charge in [0, 0.05) is 24.9 Å². The van der Waals surface area contributed by atoms with Crippen molar-refractivity contribution in [1.82, 2.24) is 10.3 Å². The standard InChI is InChI=1S/C25H28ClN3O6/c26-21-12-17(23(32)28-14-16-6-3-7-18(30)11-16)8-9-20(21)24(33)29(27)22(25(34)35)13-19(31)10-15-4-1-2-5-15/h3,6-9,11-12,15,22,30H,1-2,4-5,10,13-14,27H2,(H,28,32)(H,34,35)/t22-/m0/s1. The van der Waals surface area contributed by atoms with Crippen LogP contribution >= 0.6 is 11.6 Å². The number of amides is 2. The van der Waals surface area contributed by atoms with E-state index in [1.807, 2.05) is 0 Å². The zero-order valence-corrected chi connectivity index (χ0v) is 19.8. The number of aromatic hydroxyl groups is 1. The van der Waals surface area contributed by atoms with Gasteiger partial charge >= 0.3 is 5.97 Å². The lowest BCUT2D eigenvalue weighted by Crippen LogP contribution is -2.50. The van der Waals surface area contributed by atoms with Gasteiger partial charge in [-0.05, 0) is 41.8 Å². The Kier molecular flexibility index (Phi) is 8.84. The zero-order valence-electron chi connectivity index (χ0n) is 19.1. The number of hydrogen-bond donors (Lipinski definition) is 4. The number of carboxylic acid groups (broad SMARTS) is 1. The van der Waals surface area contributed by atoms with Gasteiger partial charge in [-0.1, -0.05) is 49.4 Å². The van der Waals surface area contributed by atoms with Gasteiger partial charge in [0.25, 0.3) is 11.8 Å². The molecule has 1 aliphatic carbocycles. The summed E-state index contributed by atoms with van der Waals surface area (Å²) in [5.41, 5.74) is 0.780. The first-order chi connectivity index (χ1) is 16.7. The Labute approximate surface area is 207 Å². The Morgan fingerprint density at radius 3 is 2.46 bits per heavy atom. The molecule has 0 radical (unpaired) electrons. The third-order valence-corrected chi connectivity index (χ3v) is 6.41. The number of nitrogens with zero attached hydrogens (tertiary/aromatic N) is 1. The summed E-state index contributed by atoms with van der Waals surface area (Å²) in [5, 5.41) is 22.2. The topological polar surface area (TPSA) is 150 Å². The van der Waals surface area contributed by atoms with Crippen LogP contribution < -0.4 is 11.2 Å². The van der Waals surface area contributed by atoms with Crippen molar-refractivity contribution in [2.24, 2.45) is 11.8 Å². The molecule has 2 aromatic rings. The van der Waals surface area contributed by atoms with Gasteiger partial charge in [-0.3, -0.25) is 19.4 Å². The highest BCUT2D eigenvalue weighted by atomic mass is 35.5. The van der Waals surface area contributed by atoms with Crippen LogP contribution in [0.4, 0.5) is 0 Å². The number of nitrogens with one attached hydrogen (secondary N) is 1. The highest BCUT2D eigenvalue weighted by molar-refractivity contribution is 6.34. The van der Waals surface area contributed by atoms with Crippen LogP contribution in [0, 0.1) is 5.92 Å². The predicted octanol–water partition coefficient (Wildman–Crippen LogP) is 3.28. The van der Waals surface area contributed by atoms with Gasteiger partial charge in [0.15, 0.2) is 6.04 Å². The number of benzene rings is 2. The number of ketones is 1. The van der Waals surface area contributed by atoms with Crippen LogP contribution in [0.15, 0.2) is 42.5 Å². The fourth-order valence-corrected chi connectivity index (χ4v) is 4.46. The summed E-state index contributed by atoms with van der Waals surface area (Å²) in [6, 6.07) is 8.82. The number of carboxylic acids is 1. The molecule has 2 aromatic carbocycles. The average Bonchev–Trinajstić information content (AvgIpc) is 3.33. The maximum absolute atomic E-state index is 12.9. The number of rotatable bonds is 10. The average molecular weight is 502 g/mol. The fourth-order valence-electron chi connectivity index (χ4n) is 4.20. The Morgan fingerprint density at radius 2 is 1.83 bits per heavy atom. The van der Waals surface area contributed by atoms with Crippen LogP contribution in [-0.2, 0) is 16.1 Å². The lowest BCUT2D eigenvalue weighted by atomic mass is 9.97. The van der Waals surface area contributed by atoms with Crippen LogP contribution in [0.1, 0.15) is 64.8 Å². The summed E-state index contributed by atoms with van der Waals surface area (Å²) in [6.07, 6.45) is 3.89. The van der Waals surface area contributed by atoms with E-state index < -0.39 is 23.8 Å². The van der Waals surface area contributed by atoms with E-state index in [0.29, 0.717) is 10.6 Å². The zero-order chi connectivity index (χ0) is 25.5. The van der Waals surface area contributed by atoms with Gasteiger partial charge in [-0.2, -0.15) is 0 Å². The maximum atomic E-state index is 12.9. The third-order valence-electron chi connectivity index (χ3n) is 6.09. The first kappa shape index (κ1) is 26.2. The minimum absolute atomic E-state index is 0.0777. The summed E-state index contributed by atoms with van der Waals surface area (Å²) in [6.45, 7) is 0.164. The van der Waals surface area contributed by atoms with Gasteiger partial charge in [0.2, 0.25) is 0 Å². The van der Waals surface area contributed by atoms with Gasteiger partial charge < -0.3 is 15.5 Å². The molecule has 0 saturated heterocycles. The number of hydrazine groups is 1. The van der Waals surface area contributed by atoms with Crippen LogP contribution in [-0.4, -0.2) is 44.8 Å². The van der Waals surface area contributed by atoms with E-state index in [1.165, 1.54) is 30.3 Å². The van der Waals surface area contributed by atoms with Crippen molar-refractivity contribution in [2.45, 2.75) is 51.1 Å². The molecule has 5 N–H and O–H groups in total. The Bertz CT molecular complexity index is 1120. The molecule has 1 aliphatic rings. The molecule has 2 amide bonds. The molecule has 1 saturated carbocycles. The number of hydrogen-bond acceptors (Lipinski definition) is 6. The number of carbonyl (C=O) groups excluding carboxylic acids is 3. The minimum atomic E-state index is -1.53. The smallest absolute Gasteiger partial charge is 0.328 e. The first-order valence-electron chi connectivity index (χ1n) is 11.3. The van der Waals surface area contributed by atoms with Crippen LogP contribution in [0.25, 0.3) is 0 Å². The summed E-state index contributed by atoms with van der Waals surface area (Å²) in [7, 11) is 0. The highest BCUT2D eigenvalue weighted by Crippen LogP contribution is 2.28. The summed E-state index contributed by atoms with van der Waals surface area (Å²) in [4.78, 5) is 49.5. The SMILES string of the molecule is NN(C(=O)c1ccc(C(=O)NCc2cccc(O)c2)cc1Cl)[C@@H](CC(=O)CC1CCCC1)C(=O)O. The molecule has 0 spiro atoms. The quantitative estimate of drug-likeness (QED) is 0.221. The fraction of sp³-hybridized carbons (Fsp3) is 0.360. The lowest BCUT2D eigenvalue weighted by Gasteiger charge is -2.24. The normalized spacial score (nSPS) is 14.3. The van der Waals surface area contributed by atoms with E-state index in [4.69, 9.17) is 17.4 Å². The Balaban J connectivity index is 1.65. The summed E-state index contributed by atoms with van der Waals surface area (Å²) in [5.74, 6) is 3.19. The van der Waals surface area contributed by atoms with Crippen molar-refractivity contribution in [3.8, 4) is 5.75 Å². The minimum Gasteiger partial charge on any atom is -0.508 e. The number of carbonyl (C=O) groups is 4. The van der Waals surface area contributed by atoms with Gasteiger partial charge in [0.1, 0.15) is 11.5 Å². The van der Waals surface area contributed by atoms with E-state index >= 15 is 0 Å². The van der Waals surface area contributed by atoms with Crippen molar-refractivity contribution in [3.63, 3.8) is 0 Å². The van der Waals surface area contributed by atoms with Crippen LogP contribution in [0.2, 0.25) is 5.02 Å². The van der Waals surface area contributed by atoms with Crippen molar-refractivity contribution in [2.75, 3.05) is 0 Å². The predicted molar refractivity (Wildman–Crippen MR) is 129 cm³/mol. The largest absolute Gasteiger partial charge is 0.508 e. The van der Waals surface area contributed by atoms with E-state index in [1.54, 1.807) is 12.1 Å². The van der Waals surface area contributed by atoms with E-state index in [0.717, 1.165) is 25.7 Å². The molecule has 1 atom stereocenters. The maximum Gasteiger partial charge on any atom is 0.328 e. The van der Waals surface area contributed by atoms with Gasteiger partial charge in [-0.25, -0.2) is 10.6 Å². The second-order valence-electron chi connectivity index (χ2n) is 8.71. The molecule has 0 bridgehead atoms. The number of halogens is 1. The molecule has 9 nitrogen and oxygen atoms in total. The molecule has 0 aliphatic heterocycles. The second-order valence-corrected chi connectivity index (χ2v) is 9.12. The Morgan fingerprint density at radius 1 is 1.11 bits per heavy atom. The molecule has 0 aromatic heterocycles. The molecule has 1 fully saturated rings. The lowest BCUT2D eigenvalue weighted by molar-refractivity contribution is -0.144. The number of Topliss-reactive ketones (excluding diaryl/α,β-unsaturated/α-hetero) is 1. The monoisotopic (exact) mass is 501 g/mol. The Hall–Kier alpha value is -3.43. The van der Waals surface area contributed by atoms with E-state index in [9.17, 15) is 29.4 Å². The first-order valence-corrected chi connectivity index (χ1v) is 11.7. The number of phenolic OH excluding ortho intramolecular Hbond substituents is 1. The van der Waals surface area contributed by atoms with Crippen molar-refractivity contribution < 1.29 is 29.4 Å². The number of aliphatic carboxylic acids is 1. The summed E-state index contributed by atoms with van der Waals surface area (Å²) >= 11 is 6.22. The molecule has 35 heavy (non-hydrogen) atoms. The highest BCUT2D eigenvalue weighted by Gasteiger charge is 2.32. The van der Waals surface area contributed by atoms with Crippen molar-refractivity contribution in [1.29, 1.82) is 0 Å². The molecular weight excluding hydrogens is 474 g/mol. The van der Waals surface area contributed by atoms with Crippen molar-refractivity contribution >= 4 is 35.2 Å². The van der Waals surface area contributed by atoms with Crippen LogP contribution in [0.5, 0.6) is 5.75 Å². The van der Waals surface area contributed by atoms with Gasteiger partial charge in [0.05, 0.1) is 10.6 Å². The third kappa shape index (κ3) is 7.03.